The molecule has 3 heteroatoms. The molecule has 2 aromatic rings. The van der Waals surface area contributed by atoms with Crippen LogP contribution in [-0.2, 0) is 15.6 Å². The number of hydrogen-bond donors (Lipinski definition) is 0. The van der Waals surface area contributed by atoms with Crippen molar-refractivity contribution in [1.82, 2.24) is 0 Å². The normalized spacial score (nSPS) is 23.4. The minimum absolute atomic E-state index is 0.0285. The second-order valence-electron chi connectivity index (χ2n) is 12.9. The summed E-state index contributed by atoms with van der Waals surface area (Å²) in [4.78, 5) is 4.80. The first-order chi connectivity index (χ1) is 19.2. The van der Waals surface area contributed by atoms with Gasteiger partial charge in [0.05, 0.1) is 12.6 Å². The summed E-state index contributed by atoms with van der Waals surface area (Å²) in [7, 11) is 4.43. The highest BCUT2D eigenvalue weighted by molar-refractivity contribution is 5.70. The van der Waals surface area contributed by atoms with Crippen molar-refractivity contribution in [2.45, 2.75) is 90.0 Å². The van der Waals surface area contributed by atoms with Crippen molar-refractivity contribution in [3.63, 3.8) is 0 Å². The summed E-state index contributed by atoms with van der Waals surface area (Å²) < 4.78 is 6.63. The summed E-state index contributed by atoms with van der Waals surface area (Å²) in [6.45, 7) is 12.5. The molecule has 1 atom stereocenters. The van der Waals surface area contributed by atoms with E-state index in [0.29, 0.717) is 6.04 Å². The average Bonchev–Trinajstić information content (AvgIpc) is 3.27. The van der Waals surface area contributed by atoms with Crippen molar-refractivity contribution in [1.29, 1.82) is 0 Å². The SMILES string of the molecule is CCCCCOC1=C(C=CC2N(C)c3ccccc3C2(C)C)CCCC1=CC=C1N(C)c2ccccc2C1(C)C. The molecule has 212 valence electrons. The fourth-order valence-electron chi connectivity index (χ4n) is 7.11. The van der Waals surface area contributed by atoms with Gasteiger partial charge in [0.1, 0.15) is 5.76 Å². The molecule has 0 radical (unpaired) electrons. The van der Waals surface area contributed by atoms with E-state index in [1.165, 1.54) is 52.2 Å². The number of likely N-dealkylation sites (N-methyl/N-ethyl adjacent to an activating group) is 2. The lowest BCUT2D eigenvalue weighted by Crippen LogP contribution is -2.37. The second kappa shape index (κ2) is 11.4. The van der Waals surface area contributed by atoms with Crippen LogP contribution in [0.15, 0.2) is 95.4 Å². The molecule has 3 nitrogen and oxygen atoms in total. The molecule has 2 aromatic carbocycles. The highest BCUT2D eigenvalue weighted by Crippen LogP contribution is 2.47. The van der Waals surface area contributed by atoms with Gasteiger partial charge in [-0.1, -0.05) is 102 Å². The Morgan fingerprint density at radius 3 is 2.27 bits per heavy atom. The highest BCUT2D eigenvalue weighted by Gasteiger charge is 2.41. The van der Waals surface area contributed by atoms with Gasteiger partial charge < -0.3 is 14.5 Å². The quantitative estimate of drug-likeness (QED) is 0.313. The molecule has 0 fully saturated rings. The third-order valence-electron chi connectivity index (χ3n) is 9.47. The molecule has 0 spiro atoms. The molecule has 40 heavy (non-hydrogen) atoms. The Bertz CT molecular complexity index is 1360. The zero-order valence-corrected chi connectivity index (χ0v) is 25.8. The largest absolute Gasteiger partial charge is 0.493 e. The Morgan fingerprint density at radius 1 is 0.875 bits per heavy atom. The van der Waals surface area contributed by atoms with Crippen LogP contribution in [0, 0.1) is 0 Å². The standard InChI is InChI=1S/C37H48N2O/c1-8-9-14-26-40-35-27(22-24-33-36(2,3)29-18-10-12-20-31(29)38(33)6)16-15-17-28(35)23-25-34-37(4,5)30-19-11-13-21-32(30)39(34)7/h10-13,18-25,33H,8-9,14-17,26H2,1-7H3. The Kier molecular flexibility index (Phi) is 8.04. The summed E-state index contributed by atoms with van der Waals surface area (Å²) in [5.74, 6) is 1.11. The van der Waals surface area contributed by atoms with Gasteiger partial charge in [-0.3, -0.25) is 0 Å². The van der Waals surface area contributed by atoms with Crippen LogP contribution in [0.3, 0.4) is 0 Å². The van der Waals surface area contributed by atoms with Gasteiger partial charge in [-0.15, -0.1) is 0 Å². The molecule has 0 amide bonds. The smallest absolute Gasteiger partial charge is 0.125 e. The van der Waals surface area contributed by atoms with E-state index in [-0.39, 0.29) is 10.8 Å². The van der Waals surface area contributed by atoms with E-state index in [1.54, 1.807) is 0 Å². The summed E-state index contributed by atoms with van der Waals surface area (Å²) >= 11 is 0. The average molecular weight is 537 g/mol. The van der Waals surface area contributed by atoms with Crippen molar-refractivity contribution in [2.75, 3.05) is 30.5 Å². The maximum atomic E-state index is 6.63. The molecule has 0 aromatic heterocycles. The number of ether oxygens (including phenoxy) is 1. The van der Waals surface area contributed by atoms with Crippen LogP contribution >= 0.6 is 0 Å². The second-order valence-corrected chi connectivity index (χ2v) is 12.9. The van der Waals surface area contributed by atoms with E-state index in [9.17, 15) is 0 Å². The van der Waals surface area contributed by atoms with Gasteiger partial charge in [0.25, 0.3) is 0 Å². The molecular formula is C37H48N2O. The molecule has 5 rings (SSSR count). The van der Waals surface area contributed by atoms with E-state index in [2.05, 4.69) is 131 Å². The predicted octanol–water partition coefficient (Wildman–Crippen LogP) is 9.22. The van der Waals surface area contributed by atoms with Crippen molar-refractivity contribution < 1.29 is 4.74 Å². The van der Waals surface area contributed by atoms with Gasteiger partial charge in [0.15, 0.2) is 0 Å². The van der Waals surface area contributed by atoms with Crippen molar-refractivity contribution in [3.8, 4) is 0 Å². The van der Waals surface area contributed by atoms with Crippen molar-refractivity contribution >= 4 is 11.4 Å². The minimum atomic E-state index is -0.0285. The Morgan fingerprint density at radius 2 is 1.57 bits per heavy atom. The van der Waals surface area contributed by atoms with Crippen LogP contribution in [0.4, 0.5) is 11.4 Å². The Balaban J connectivity index is 1.48. The van der Waals surface area contributed by atoms with Crippen LogP contribution in [0.2, 0.25) is 0 Å². The fourth-order valence-corrected chi connectivity index (χ4v) is 7.11. The maximum absolute atomic E-state index is 6.63. The lowest BCUT2D eigenvalue weighted by Gasteiger charge is -2.30. The molecule has 0 saturated carbocycles. The van der Waals surface area contributed by atoms with E-state index < -0.39 is 0 Å². The molecule has 0 bridgehead atoms. The van der Waals surface area contributed by atoms with Crippen LogP contribution in [0.5, 0.6) is 0 Å². The molecule has 3 aliphatic rings. The number of rotatable bonds is 8. The van der Waals surface area contributed by atoms with E-state index in [0.717, 1.165) is 38.0 Å². The first kappa shape index (κ1) is 28.3. The highest BCUT2D eigenvalue weighted by atomic mass is 16.5. The first-order valence-corrected chi connectivity index (χ1v) is 15.3. The summed E-state index contributed by atoms with van der Waals surface area (Å²) in [5, 5.41) is 0. The summed E-state index contributed by atoms with van der Waals surface area (Å²) in [6.07, 6.45) is 16.3. The topological polar surface area (TPSA) is 15.7 Å². The summed E-state index contributed by atoms with van der Waals surface area (Å²) in [5.41, 5.74) is 9.50. The van der Waals surface area contributed by atoms with Crippen LogP contribution in [0.25, 0.3) is 0 Å². The monoisotopic (exact) mass is 536 g/mol. The van der Waals surface area contributed by atoms with Gasteiger partial charge in [-0.2, -0.15) is 0 Å². The molecule has 2 aliphatic heterocycles. The number of para-hydroxylation sites is 2. The first-order valence-electron chi connectivity index (χ1n) is 15.3. The fraction of sp³-hybridized carbons (Fsp3) is 0.459. The predicted molar refractivity (Wildman–Crippen MR) is 171 cm³/mol. The number of anilines is 2. The lowest BCUT2D eigenvalue weighted by atomic mass is 9.80. The van der Waals surface area contributed by atoms with Crippen LogP contribution in [-0.4, -0.2) is 26.7 Å². The van der Waals surface area contributed by atoms with Gasteiger partial charge in [-0.25, -0.2) is 0 Å². The van der Waals surface area contributed by atoms with Gasteiger partial charge in [-0.05, 0) is 66.2 Å². The van der Waals surface area contributed by atoms with Crippen molar-refractivity contribution in [3.05, 3.63) is 107 Å². The number of allylic oxidation sites excluding steroid dienone is 6. The molecule has 2 heterocycles. The molecule has 0 saturated heterocycles. The number of unbranched alkanes of at least 4 members (excludes halogenated alkanes) is 2. The van der Waals surface area contributed by atoms with E-state index in [4.69, 9.17) is 4.74 Å². The van der Waals surface area contributed by atoms with Gasteiger partial charge >= 0.3 is 0 Å². The van der Waals surface area contributed by atoms with Gasteiger partial charge in [0, 0.05) is 42.0 Å². The third kappa shape index (κ3) is 5.04. The third-order valence-corrected chi connectivity index (χ3v) is 9.47. The lowest BCUT2D eigenvalue weighted by molar-refractivity contribution is 0.205. The minimum Gasteiger partial charge on any atom is -0.493 e. The van der Waals surface area contributed by atoms with Crippen LogP contribution < -0.4 is 9.80 Å². The number of hydrogen-bond acceptors (Lipinski definition) is 3. The Hall–Kier alpha value is -3.20. The number of benzene rings is 2. The molecule has 1 unspecified atom stereocenters. The zero-order valence-electron chi connectivity index (χ0n) is 25.8. The van der Waals surface area contributed by atoms with E-state index >= 15 is 0 Å². The van der Waals surface area contributed by atoms with Crippen LogP contribution in [0.1, 0.15) is 84.3 Å². The number of nitrogens with zero attached hydrogens (tertiary/aromatic N) is 2. The van der Waals surface area contributed by atoms with Crippen molar-refractivity contribution in [2.24, 2.45) is 0 Å². The Labute approximate surface area is 242 Å². The number of fused-ring (bicyclic) bond motifs is 2. The van der Waals surface area contributed by atoms with E-state index in [1.807, 2.05) is 0 Å². The molecular weight excluding hydrogens is 488 g/mol. The molecule has 0 N–H and O–H groups in total. The van der Waals surface area contributed by atoms with Gasteiger partial charge in [0.2, 0.25) is 0 Å². The maximum Gasteiger partial charge on any atom is 0.125 e. The molecule has 1 aliphatic carbocycles. The summed E-state index contributed by atoms with van der Waals surface area (Å²) in [6, 6.07) is 18.0. The zero-order chi connectivity index (χ0) is 28.5.